The third-order valence-electron chi connectivity index (χ3n) is 7.97. The van der Waals surface area contributed by atoms with Crippen LogP contribution in [0.3, 0.4) is 0 Å². The highest BCUT2D eigenvalue weighted by Crippen LogP contribution is 2.37. The molecule has 6 atom stereocenters. The van der Waals surface area contributed by atoms with Crippen molar-refractivity contribution in [1.29, 1.82) is 0 Å². The lowest BCUT2D eigenvalue weighted by Crippen LogP contribution is -2.36. The minimum Gasteiger partial charge on any atom is -0.458 e. The summed E-state index contributed by atoms with van der Waals surface area (Å²) in [5.41, 5.74) is 0.884. The van der Waals surface area contributed by atoms with Gasteiger partial charge >= 0.3 is 11.9 Å². The molecule has 1 heterocycles. The lowest BCUT2D eigenvalue weighted by atomic mass is 9.86. The Morgan fingerprint density at radius 1 is 0.804 bits per heavy atom. The molecule has 0 aromatic heterocycles. The minimum absolute atomic E-state index is 0.0660. The predicted molar refractivity (Wildman–Crippen MR) is 164 cm³/mol. The van der Waals surface area contributed by atoms with Crippen LogP contribution in [0.5, 0.6) is 0 Å². The van der Waals surface area contributed by atoms with Crippen LogP contribution in [-0.2, 0) is 30.1 Å². The first-order chi connectivity index (χ1) is 22.1. The molecule has 0 bridgehead atoms. The van der Waals surface area contributed by atoms with E-state index in [0.29, 0.717) is 12.8 Å². The molecule has 1 saturated heterocycles. The Bertz CT molecular complexity index is 1480. The van der Waals surface area contributed by atoms with Crippen LogP contribution in [0.2, 0.25) is 0 Å². The van der Waals surface area contributed by atoms with Crippen molar-refractivity contribution >= 4 is 23.3 Å². The molecule has 1 unspecified atom stereocenters. The number of hydrogen-bond donors (Lipinski definition) is 0. The number of nitrogens with zero attached hydrogens (tertiary/aromatic N) is 2. The average molecular weight is 637 g/mol. The molecular weight excluding hydrogens is 600 g/mol. The van der Waals surface area contributed by atoms with Crippen LogP contribution >= 0.6 is 0 Å². The van der Waals surface area contributed by atoms with Crippen molar-refractivity contribution in [3.05, 3.63) is 116 Å². The number of non-ortho nitro benzene ring substituents is 2. The molecule has 3 aromatic rings. The molecule has 1 fully saturated rings. The highest BCUT2D eigenvalue weighted by Gasteiger charge is 2.46. The predicted octanol–water partition coefficient (Wildman–Crippen LogP) is 5.34. The SMILES string of the molecule is COC(C)C[C@@H]1O[C@H](C[C@@H](COC(=O)c2ccc([N+](=O)[O-])cc2)OC(=O)c2ccc([N+](=O)[O-])cc2)[C@H](OC)[C@H]1Cc1ccccc1. The van der Waals surface area contributed by atoms with Gasteiger partial charge in [-0.15, -0.1) is 0 Å². The third kappa shape index (κ3) is 8.93. The van der Waals surface area contributed by atoms with E-state index < -0.39 is 40.1 Å². The highest BCUT2D eigenvalue weighted by molar-refractivity contribution is 5.90. The van der Waals surface area contributed by atoms with Gasteiger partial charge in [-0.1, -0.05) is 30.3 Å². The molecule has 0 aliphatic carbocycles. The second-order valence-corrected chi connectivity index (χ2v) is 11.0. The summed E-state index contributed by atoms with van der Waals surface area (Å²) >= 11 is 0. The second kappa shape index (κ2) is 16.0. The van der Waals surface area contributed by atoms with Crippen molar-refractivity contribution in [1.82, 2.24) is 0 Å². The lowest BCUT2D eigenvalue weighted by Gasteiger charge is -2.26. The smallest absolute Gasteiger partial charge is 0.338 e. The van der Waals surface area contributed by atoms with Gasteiger partial charge in [0.1, 0.15) is 12.7 Å². The standard InChI is InChI=1S/C33H36N2O11/c1-21(42-2)17-29-28(18-22-7-5-4-6-8-22)31(43-3)30(46-29)19-27(45-33(37)24-11-15-26(16-12-24)35(40)41)20-44-32(36)23-9-13-25(14-10-23)34(38)39/h4-16,21,27-31H,17-20H2,1-3H3/t21?,27-,28-,29-,30+,31+/m0/s1. The van der Waals surface area contributed by atoms with E-state index in [1.54, 1.807) is 14.2 Å². The summed E-state index contributed by atoms with van der Waals surface area (Å²) in [6.07, 6.45) is -0.944. The van der Waals surface area contributed by atoms with Gasteiger partial charge in [0.15, 0.2) is 0 Å². The average Bonchev–Trinajstić information content (AvgIpc) is 3.38. The third-order valence-corrected chi connectivity index (χ3v) is 7.97. The van der Waals surface area contributed by atoms with E-state index in [9.17, 15) is 29.8 Å². The van der Waals surface area contributed by atoms with E-state index in [1.807, 2.05) is 37.3 Å². The first-order valence-electron chi connectivity index (χ1n) is 14.7. The van der Waals surface area contributed by atoms with Crippen molar-refractivity contribution in [3.63, 3.8) is 0 Å². The zero-order chi connectivity index (χ0) is 33.2. The number of hydrogen-bond acceptors (Lipinski definition) is 11. The van der Waals surface area contributed by atoms with Gasteiger partial charge in [-0.05, 0) is 49.6 Å². The second-order valence-electron chi connectivity index (χ2n) is 11.0. The van der Waals surface area contributed by atoms with Crippen LogP contribution in [0.4, 0.5) is 11.4 Å². The molecule has 46 heavy (non-hydrogen) atoms. The first-order valence-corrected chi connectivity index (χ1v) is 14.7. The number of nitro benzene ring substituents is 2. The zero-order valence-corrected chi connectivity index (χ0v) is 25.7. The maximum absolute atomic E-state index is 13.1. The summed E-state index contributed by atoms with van der Waals surface area (Å²) in [7, 11) is 3.22. The number of esters is 2. The molecule has 0 saturated carbocycles. The fourth-order valence-electron chi connectivity index (χ4n) is 5.51. The molecule has 244 valence electrons. The zero-order valence-electron chi connectivity index (χ0n) is 25.7. The maximum Gasteiger partial charge on any atom is 0.338 e. The lowest BCUT2D eigenvalue weighted by molar-refractivity contribution is -0.385. The monoisotopic (exact) mass is 636 g/mol. The Hall–Kier alpha value is -4.72. The summed E-state index contributed by atoms with van der Waals surface area (Å²) in [5.74, 6) is -1.61. The van der Waals surface area contributed by atoms with Gasteiger partial charge < -0.3 is 23.7 Å². The van der Waals surface area contributed by atoms with E-state index in [4.69, 9.17) is 23.7 Å². The maximum atomic E-state index is 13.1. The Balaban J connectivity index is 1.55. The van der Waals surface area contributed by atoms with E-state index in [1.165, 1.54) is 48.5 Å². The Kier molecular flexibility index (Phi) is 11.9. The Morgan fingerprint density at radius 2 is 1.37 bits per heavy atom. The van der Waals surface area contributed by atoms with Gasteiger partial charge in [0, 0.05) is 50.8 Å². The quantitative estimate of drug-likeness (QED) is 0.120. The number of rotatable bonds is 15. The molecule has 1 aliphatic rings. The van der Waals surface area contributed by atoms with Crippen LogP contribution in [0.15, 0.2) is 78.9 Å². The van der Waals surface area contributed by atoms with E-state index >= 15 is 0 Å². The minimum atomic E-state index is -0.997. The Labute approximate surface area is 265 Å². The molecular formula is C33H36N2O11. The molecule has 13 heteroatoms. The van der Waals surface area contributed by atoms with Gasteiger partial charge in [0.05, 0.1) is 45.4 Å². The number of carbonyl (C=O) groups is 2. The summed E-state index contributed by atoms with van der Waals surface area (Å²) in [4.78, 5) is 46.9. The van der Waals surface area contributed by atoms with Crippen LogP contribution in [0.1, 0.15) is 46.0 Å². The molecule has 0 spiro atoms. The number of nitro groups is 2. The van der Waals surface area contributed by atoms with E-state index in [-0.39, 0.29) is 53.7 Å². The van der Waals surface area contributed by atoms with Gasteiger partial charge in [0.25, 0.3) is 11.4 Å². The van der Waals surface area contributed by atoms with Crippen molar-refractivity contribution in [3.8, 4) is 0 Å². The summed E-state index contributed by atoms with van der Waals surface area (Å²) in [6.45, 7) is 1.60. The molecule has 13 nitrogen and oxygen atoms in total. The van der Waals surface area contributed by atoms with Gasteiger partial charge in [0.2, 0.25) is 0 Å². The highest BCUT2D eigenvalue weighted by atomic mass is 16.6. The van der Waals surface area contributed by atoms with Crippen molar-refractivity contribution in [2.45, 2.75) is 56.7 Å². The largest absolute Gasteiger partial charge is 0.458 e. The van der Waals surface area contributed by atoms with Crippen LogP contribution in [0.25, 0.3) is 0 Å². The van der Waals surface area contributed by atoms with Crippen LogP contribution < -0.4 is 0 Å². The van der Waals surface area contributed by atoms with Gasteiger partial charge in [-0.3, -0.25) is 20.2 Å². The summed E-state index contributed by atoms with van der Waals surface area (Å²) < 4.78 is 29.3. The fraction of sp³-hybridized carbons (Fsp3) is 0.394. The molecule has 0 radical (unpaired) electrons. The summed E-state index contributed by atoms with van der Waals surface area (Å²) in [5, 5.41) is 22.0. The van der Waals surface area contributed by atoms with Crippen molar-refractivity contribution < 1.29 is 43.1 Å². The number of benzene rings is 3. The Morgan fingerprint density at radius 3 is 1.89 bits per heavy atom. The normalized spacial score (nSPS) is 20.4. The molecule has 1 aliphatic heterocycles. The van der Waals surface area contributed by atoms with Crippen molar-refractivity contribution in [2.75, 3.05) is 20.8 Å². The first kappa shape index (κ1) is 34.2. The van der Waals surface area contributed by atoms with Crippen LogP contribution in [-0.4, -0.2) is 73.1 Å². The topological polar surface area (TPSA) is 167 Å². The molecule has 0 N–H and O–H groups in total. The number of methoxy groups -OCH3 is 2. The number of carbonyl (C=O) groups excluding carboxylic acids is 2. The molecule has 3 aromatic carbocycles. The number of ether oxygens (including phenoxy) is 5. The molecule has 4 rings (SSSR count). The van der Waals surface area contributed by atoms with Crippen LogP contribution in [0, 0.1) is 26.1 Å². The van der Waals surface area contributed by atoms with E-state index in [2.05, 4.69) is 0 Å². The van der Waals surface area contributed by atoms with E-state index in [0.717, 1.165) is 5.56 Å². The fourth-order valence-corrected chi connectivity index (χ4v) is 5.51. The van der Waals surface area contributed by atoms with Gasteiger partial charge in [-0.2, -0.15) is 0 Å². The molecule has 0 amide bonds. The van der Waals surface area contributed by atoms with Gasteiger partial charge in [-0.25, -0.2) is 9.59 Å². The van der Waals surface area contributed by atoms with Crippen molar-refractivity contribution in [2.24, 2.45) is 5.92 Å². The summed E-state index contributed by atoms with van der Waals surface area (Å²) in [6, 6.07) is 19.8.